The number of carbonyl (C=O) groups excluding carboxylic acids is 1. The summed E-state index contributed by atoms with van der Waals surface area (Å²) in [6.07, 6.45) is 0.398. The van der Waals surface area contributed by atoms with Crippen LogP contribution in [0.1, 0.15) is 18.9 Å². The summed E-state index contributed by atoms with van der Waals surface area (Å²) >= 11 is 0. The van der Waals surface area contributed by atoms with E-state index in [0.29, 0.717) is 32.7 Å². The van der Waals surface area contributed by atoms with E-state index >= 15 is 0 Å². The van der Waals surface area contributed by atoms with Crippen LogP contribution in [0, 0.1) is 11.7 Å². The first-order chi connectivity index (χ1) is 11.0. The van der Waals surface area contributed by atoms with E-state index in [-0.39, 0.29) is 17.8 Å². The molecule has 1 heterocycles. The van der Waals surface area contributed by atoms with E-state index in [9.17, 15) is 14.3 Å². The van der Waals surface area contributed by atoms with Gasteiger partial charge in [0.2, 0.25) is 0 Å². The standard InChI is InChI=1S/C17H26FN3O2/c1-13-7-9-21(12-16(13)22)17(23)19-8-10-20(2)11-14-3-5-15(18)6-4-14/h3-6,13,16,22H,7-12H2,1-2H3,(H,19,23). The number of nitrogens with one attached hydrogen (secondary N) is 1. The Morgan fingerprint density at radius 2 is 2.13 bits per heavy atom. The van der Waals surface area contributed by atoms with E-state index in [2.05, 4.69) is 10.2 Å². The Morgan fingerprint density at radius 1 is 1.43 bits per heavy atom. The van der Waals surface area contributed by atoms with Crippen LogP contribution in [0.5, 0.6) is 0 Å². The van der Waals surface area contributed by atoms with Crippen LogP contribution < -0.4 is 5.32 Å². The van der Waals surface area contributed by atoms with Crippen molar-refractivity contribution in [2.45, 2.75) is 26.0 Å². The van der Waals surface area contributed by atoms with E-state index in [1.54, 1.807) is 17.0 Å². The van der Waals surface area contributed by atoms with E-state index in [1.807, 2.05) is 14.0 Å². The Labute approximate surface area is 137 Å². The molecule has 1 saturated heterocycles. The number of rotatable bonds is 5. The van der Waals surface area contributed by atoms with Crippen molar-refractivity contribution in [3.05, 3.63) is 35.6 Å². The monoisotopic (exact) mass is 323 g/mol. The highest BCUT2D eigenvalue weighted by molar-refractivity contribution is 5.74. The predicted molar refractivity (Wildman–Crippen MR) is 87.5 cm³/mol. The Bertz CT molecular complexity index is 509. The molecule has 23 heavy (non-hydrogen) atoms. The van der Waals surface area contributed by atoms with E-state index in [4.69, 9.17) is 0 Å². The largest absolute Gasteiger partial charge is 0.391 e. The third kappa shape index (κ3) is 5.48. The summed E-state index contributed by atoms with van der Waals surface area (Å²) in [7, 11) is 1.96. The smallest absolute Gasteiger partial charge is 0.317 e. The van der Waals surface area contributed by atoms with Gasteiger partial charge in [-0.05, 0) is 37.1 Å². The number of carbonyl (C=O) groups is 1. The topological polar surface area (TPSA) is 55.8 Å². The molecule has 0 bridgehead atoms. The fourth-order valence-corrected chi connectivity index (χ4v) is 2.68. The number of β-amino-alcohol motifs (C(OH)–C–C–N with tert-alkyl or cyclic N) is 1. The van der Waals surface area contributed by atoms with Crippen LogP contribution in [-0.4, -0.2) is 60.3 Å². The number of urea groups is 1. The zero-order chi connectivity index (χ0) is 16.8. The number of aliphatic hydroxyl groups is 1. The van der Waals surface area contributed by atoms with Gasteiger partial charge in [0.1, 0.15) is 5.82 Å². The molecule has 2 N–H and O–H groups in total. The average Bonchev–Trinajstić information content (AvgIpc) is 2.52. The van der Waals surface area contributed by atoms with E-state index < -0.39 is 6.10 Å². The normalized spacial score (nSPS) is 21.5. The fraction of sp³-hybridized carbons (Fsp3) is 0.588. The van der Waals surface area contributed by atoms with Crippen molar-refractivity contribution in [2.24, 2.45) is 5.92 Å². The van der Waals surface area contributed by atoms with Gasteiger partial charge in [0, 0.05) is 32.7 Å². The minimum atomic E-state index is -0.435. The number of benzene rings is 1. The minimum Gasteiger partial charge on any atom is -0.391 e. The number of piperidine rings is 1. The van der Waals surface area contributed by atoms with Gasteiger partial charge < -0.3 is 20.2 Å². The third-order valence-corrected chi connectivity index (χ3v) is 4.34. The maximum Gasteiger partial charge on any atom is 0.317 e. The SMILES string of the molecule is CC1CCN(C(=O)NCCN(C)Cc2ccc(F)cc2)CC1O. The van der Waals surface area contributed by atoms with Crippen LogP contribution in [-0.2, 0) is 6.54 Å². The van der Waals surface area contributed by atoms with Crippen LogP contribution in [0.2, 0.25) is 0 Å². The van der Waals surface area contributed by atoms with Crippen molar-refractivity contribution in [3.63, 3.8) is 0 Å². The highest BCUT2D eigenvalue weighted by Crippen LogP contribution is 2.16. The summed E-state index contributed by atoms with van der Waals surface area (Å²) in [5.41, 5.74) is 1.04. The van der Waals surface area contributed by atoms with Gasteiger partial charge in [-0.15, -0.1) is 0 Å². The number of amides is 2. The van der Waals surface area contributed by atoms with Gasteiger partial charge in [0.05, 0.1) is 6.10 Å². The number of hydrogen-bond donors (Lipinski definition) is 2. The second-order valence-corrected chi connectivity index (χ2v) is 6.38. The first kappa shape index (κ1) is 17.7. The molecule has 1 aliphatic rings. The Balaban J connectivity index is 1.67. The zero-order valence-electron chi connectivity index (χ0n) is 13.8. The van der Waals surface area contributed by atoms with Crippen LogP contribution in [0.3, 0.4) is 0 Å². The predicted octanol–water partition coefficient (Wildman–Crippen LogP) is 1.67. The van der Waals surface area contributed by atoms with Crippen LogP contribution in [0.4, 0.5) is 9.18 Å². The average molecular weight is 323 g/mol. The molecule has 1 fully saturated rings. The van der Waals surface area contributed by atoms with Crippen LogP contribution in [0.25, 0.3) is 0 Å². The van der Waals surface area contributed by atoms with Gasteiger partial charge in [-0.1, -0.05) is 19.1 Å². The first-order valence-corrected chi connectivity index (χ1v) is 8.09. The summed E-state index contributed by atoms with van der Waals surface area (Å²) in [5, 5.41) is 12.7. The Morgan fingerprint density at radius 3 is 2.78 bits per heavy atom. The number of likely N-dealkylation sites (tertiary alicyclic amines) is 1. The maximum absolute atomic E-state index is 12.9. The van der Waals surface area contributed by atoms with Crippen molar-refractivity contribution in [3.8, 4) is 0 Å². The summed E-state index contributed by atoms with van der Waals surface area (Å²) in [6, 6.07) is 6.31. The quantitative estimate of drug-likeness (QED) is 0.867. The Hall–Kier alpha value is -1.66. The first-order valence-electron chi connectivity index (χ1n) is 8.09. The van der Waals surface area contributed by atoms with Gasteiger partial charge in [-0.25, -0.2) is 9.18 Å². The van der Waals surface area contributed by atoms with Crippen LogP contribution in [0.15, 0.2) is 24.3 Å². The molecule has 5 nitrogen and oxygen atoms in total. The molecule has 2 unspecified atom stereocenters. The molecule has 2 rings (SSSR count). The summed E-state index contributed by atoms with van der Waals surface area (Å²) in [4.78, 5) is 15.8. The van der Waals surface area contributed by atoms with Crippen molar-refractivity contribution in [1.29, 1.82) is 0 Å². The lowest BCUT2D eigenvalue weighted by Crippen LogP contribution is -2.50. The van der Waals surface area contributed by atoms with E-state index in [1.165, 1.54) is 12.1 Å². The van der Waals surface area contributed by atoms with Gasteiger partial charge in [-0.3, -0.25) is 0 Å². The molecule has 0 spiro atoms. The fourth-order valence-electron chi connectivity index (χ4n) is 2.68. The lowest BCUT2D eigenvalue weighted by atomic mass is 9.96. The summed E-state index contributed by atoms with van der Waals surface area (Å²) < 4.78 is 12.9. The zero-order valence-corrected chi connectivity index (χ0v) is 13.8. The lowest BCUT2D eigenvalue weighted by Gasteiger charge is -2.34. The van der Waals surface area contributed by atoms with Crippen molar-refractivity contribution < 1.29 is 14.3 Å². The van der Waals surface area contributed by atoms with Gasteiger partial charge in [0.25, 0.3) is 0 Å². The lowest BCUT2D eigenvalue weighted by molar-refractivity contribution is 0.0435. The molecule has 1 aromatic rings. The molecule has 0 aromatic heterocycles. The summed E-state index contributed by atoms with van der Waals surface area (Å²) in [6.45, 7) is 5.04. The molecule has 2 atom stereocenters. The maximum atomic E-state index is 12.9. The Kier molecular flexibility index (Phi) is 6.36. The second kappa shape index (κ2) is 8.26. The van der Waals surface area contributed by atoms with Gasteiger partial charge >= 0.3 is 6.03 Å². The molecular weight excluding hydrogens is 297 g/mol. The molecular formula is C17H26FN3O2. The molecule has 1 aliphatic heterocycles. The molecule has 6 heteroatoms. The highest BCUT2D eigenvalue weighted by atomic mass is 19.1. The van der Waals surface area contributed by atoms with Gasteiger partial charge in [0.15, 0.2) is 0 Å². The van der Waals surface area contributed by atoms with Gasteiger partial charge in [-0.2, -0.15) is 0 Å². The summed E-state index contributed by atoms with van der Waals surface area (Å²) in [5.74, 6) is 0.0163. The minimum absolute atomic E-state index is 0.119. The van der Waals surface area contributed by atoms with E-state index in [0.717, 1.165) is 12.0 Å². The van der Waals surface area contributed by atoms with Crippen LogP contribution >= 0.6 is 0 Å². The molecule has 0 aliphatic carbocycles. The molecule has 1 aromatic carbocycles. The molecule has 0 radical (unpaired) electrons. The number of likely N-dealkylation sites (N-methyl/N-ethyl adjacent to an activating group) is 1. The second-order valence-electron chi connectivity index (χ2n) is 6.38. The molecule has 0 saturated carbocycles. The number of aliphatic hydroxyl groups excluding tert-OH is 1. The van der Waals surface area contributed by atoms with Crippen molar-refractivity contribution in [1.82, 2.24) is 15.1 Å². The number of hydrogen-bond acceptors (Lipinski definition) is 3. The molecule has 2 amide bonds. The number of nitrogens with zero attached hydrogens (tertiary/aromatic N) is 2. The van der Waals surface area contributed by atoms with Crippen molar-refractivity contribution in [2.75, 3.05) is 33.2 Å². The highest BCUT2D eigenvalue weighted by Gasteiger charge is 2.26. The van der Waals surface area contributed by atoms with Crippen molar-refractivity contribution >= 4 is 6.03 Å². The third-order valence-electron chi connectivity index (χ3n) is 4.34. The number of halogens is 1. The molecule has 128 valence electrons.